The maximum absolute atomic E-state index is 12.3. The summed E-state index contributed by atoms with van der Waals surface area (Å²) in [7, 11) is 1.59. The molecule has 1 aromatic rings. The lowest BCUT2D eigenvalue weighted by Gasteiger charge is -2.22. The second kappa shape index (κ2) is 9.19. The Morgan fingerprint density at radius 2 is 2.16 bits per heavy atom. The minimum absolute atomic E-state index is 0.00175. The molecule has 1 heterocycles. The fourth-order valence-corrected chi connectivity index (χ4v) is 2.61. The largest absolute Gasteiger partial charge is 0.491 e. The van der Waals surface area contributed by atoms with Crippen LogP contribution in [0.3, 0.4) is 0 Å². The molecule has 1 aliphatic rings. The van der Waals surface area contributed by atoms with Gasteiger partial charge in [0.25, 0.3) is 5.91 Å². The fourth-order valence-electron chi connectivity index (χ4n) is 2.35. The lowest BCUT2D eigenvalue weighted by Crippen LogP contribution is -2.52. The van der Waals surface area contributed by atoms with Gasteiger partial charge in [-0.1, -0.05) is 12.1 Å². The SMILES string of the molecule is COC[C@H](C)NC(=S)NNC(=O)CN1C(=O)CCOc2ccccc21. The summed E-state index contributed by atoms with van der Waals surface area (Å²) in [5, 5.41) is 3.22. The number of fused-ring (bicyclic) bond motifs is 1. The van der Waals surface area contributed by atoms with Crippen molar-refractivity contribution < 1.29 is 19.1 Å². The number of nitrogens with zero attached hydrogens (tertiary/aromatic N) is 1. The van der Waals surface area contributed by atoms with Crippen LogP contribution in [0.15, 0.2) is 24.3 Å². The molecule has 1 aliphatic heterocycles. The summed E-state index contributed by atoms with van der Waals surface area (Å²) in [6.45, 7) is 2.53. The number of ether oxygens (including phenoxy) is 2. The van der Waals surface area contributed by atoms with Crippen molar-refractivity contribution in [3.8, 4) is 5.75 Å². The van der Waals surface area contributed by atoms with E-state index in [4.69, 9.17) is 21.7 Å². The highest BCUT2D eigenvalue weighted by Crippen LogP contribution is 2.30. The van der Waals surface area contributed by atoms with Crippen LogP contribution in [0.2, 0.25) is 0 Å². The van der Waals surface area contributed by atoms with Crippen LogP contribution in [0.4, 0.5) is 5.69 Å². The van der Waals surface area contributed by atoms with Crippen molar-refractivity contribution >= 4 is 34.8 Å². The number of benzene rings is 1. The summed E-state index contributed by atoms with van der Waals surface area (Å²) < 4.78 is 10.5. The van der Waals surface area contributed by atoms with Crippen LogP contribution in [-0.4, -0.2) is 49.8 Å². The van der Waals surface area contributed by atoms with Crippen molar-refractivity contribution in [2.75, 3.05) is 31.8 Å². The van der Waals surface area contributed by atoms with E-state index in [-0.39, 0.29) is 36.6 Å². The van der Waals surface area contributed by atoms with Gasteiger partial charge in [-0.3, -0.25) is 25.3 Å². The number of hydrogen-bond acceptors (Lipinski definition) is 5. The minimum atomic E-state index is -0.395. The second-order valence-corrected chi connectivity index (χ2v) is 5.96. The van der Waals surface area contributed by atoms with Crippen LogP contribution in [0.25, 0.3) is 0 Å². The molecule has 2 amide bonds. The Kier molecular flexibility index (Phi) is 6.96. The van der Waals surface area contributed by atoms with Gasteiger partial charge in [0.05, 0.1) is 25.3 Å². The predicted molar refractivity (Wildman–Crippen MR) is 97.3 cm³/mol. The van der Waals surface area contributed by atoms with E-state index < -0.39 is 5.91 Å². The quantitative estimate of drug-likeness (QED) is 0.511. The van der Waals surface area contributed by atoms with Crippen molar-refractivity contribution in [2.45, 2.75) is 19.4 Å². The highest BCUT2D eigenvalue weighted by Gasteiger charge is 2.25. The van der Waals surface area contributed by atoms with E-state index in [1.54, 1.807) is 25.3 Å². The van der Waals surface area contributed by atoms with Gasteiger partial charge in [-0.25, -0.2) is 0 Å². The molecule has 25 heavy (non-hydrogen) atoms. The summed E-state index contributed by atoms with van der Waals surface area (Å²) >= 11 is 5.08. The van der Waals surface area contributed by atoms with Crippen molar-refractivity contribution in [1.29, 1.82) is 0 Å². The second-order valence-electron chi connectivity index (χ2n) is 5.55. The van der Waals surface area contributed by atoms with Gasteiger partial charge in [-0.2, -0.15) is 0 Å². The summed E-state index contributed by atoms with van der Waals surface area (Å²) in [6.07, 6.45) is 0.212. The van der Waals surface area contributed by atoms with Gasteiger partial charge in [0.2, 0.25) is 5.91 Å². The molecule has 0 fully saturated rings. The first-order chi connectivity index (χ1) is 12.0. The number of carbonyl (C=O) groups excluding carboxylic acids is 2. The Bertz CT molecular complexity index is 640. The molecule has 0 saturated heterocycles. The Hall–Kier alpha value is -2.39. The average molecular weight is 366 g/mol. The molecular weight excluding hydrogens is 344 g/mol. The van der Waals surface area contributed by atoms with Gasteiger partial charge >= 0.3 is 0 Å². The van der Waals surface area contributed by atoms with Gasteiger partial charge in [0.1, 0.15) is 12.3 Å². The maximum Gasteiger partial charge on any atom is 0.258 e. The number of carbonyl (C=O) groups is 2. The molecule has 0 radical (unpaired) electrons. The first-order valence-electron chi connectivity index (χ1n) is 7.87. The molecule has 3 N–H and O–H groups in total. The maximum atomic E-state index is 12.3. The number of hydrogen-bond donors (Lipinski definition) is 3. The summed E-state index contributed by atoms with van der Waals surface area (Å²) in [5.74, 6) is 0.0165. The monoisotopic (exact) mass is 366 g/mol. The molecule has 0 bridgehead atoms. The average Bonchev–Trinajstić information content (AvgIpc) is 2.73. The number of anilines is 1. The summed E-state index contributed by atoms with van der Waals surface area (Å²) in [6, 6.07) is 7.13. The van der Waals surface area contributed by atoms with Crippen molar-refractivity contribution in [2.24, 2.45) is 0 Å². The Morgan fingerprint density at radius 3 is 2.92 bits per heavy atom. The number of rotatable bonds is 5. The van der Waals surface area contributed by atoms with Crippen LogP contribution in [0, 0.1) is 0 Å². The molecule has 1 aromatic carbocycles. The lowest BCUT2D eigenvalue weighted by atomic mass is 10.2. The van der Waals surface area contributed by atoms with Crippen LogP contribution >= 0.6 is 12.2 Å². The third-order valence-electron chi connectivity index (χ3n) is 3.44. The molecule has 136 valence electrons. The molecule has 0 spiro atoms. The molecule has 0 unspecified atom stereocenters. The van der Waals surface area contributed by atoms with Gasteiger partial charge in [-0.15, -0.1) is 0 Å². The summed E-state index contributed by atoms with van der Waals surface area (Å²) in [4.78, 5) is 25.8. The molecule has 8 nitrogen and oxygen atoms in total. The van der Waals surface area contributed by atoms with Gasteiger partial charge < -0.3 is 14.8 Å². The van der Waals surface area contributed by atoms with E-state index in [1.165, 1.54) is 4.90 Å². The third kappa shape index (κ3) is 5.57. The molecule has 0 aromatic heterocycles. The molecule has 0 aliphatic carbocycles. The zero-order valence-corrected chi connectivity index (χ0v) is 15.0. The van der Waals surface area contributed by atoms with Gasteiger partial charge in [0.15, 0.2) is 5.11 Å². The normalized spacial score (nSPS) is 14.6. The van der Waals surface area contributed by atoms with E-state index in [1.807, 2.05) is 13.0 Å². The lowest BCUT2D eigenvalue weighted by molar-refractivity contribution is -0.124. The molecule has 1 atom stereocenters. The number of para-hydroxylation sites is 2. The fraction of sp³-hybridized carbons (Fsp3) is 0.438. The molecule has 2 rings (SSSR count). The van der Waals surface area contributed by atoms with Crippen molar-refractivity contribution in [1.82, 2.24) is 16.2 Å². The number of hydrazine groups is 1. The van der Waals surface area contributed by atoms with Crippen molar-refractivity contribution in [3.05, 3.63) is 24.3 Å². The highest BCUT2D eigenvalue weighted by molar-refractivity contribution is 7.80. The number of amides is 2. The zero-order chi connectivity index (χ0) is 18.2. The standard InChI is InChI=1S/C16H22N4O4S/c1-11(10-23-2)17-16(25)19-18-14(21)9-20-12-5-3-4-6-13(12)24-8-7-15(20)22/h3-6,11H,7-10H2,1-2H3,(H,18,21)(H2,17,19,25)/t11-/m0/s1. The van der Waals surface area contributed by atoms with E-state index in [2.05, 4.69) is 16.2 Å². The van der Waals surface area contributed by atoms with E-state index in [9.17, 15) is 9.59 Å². The minimum Gasteiger partial charge on any atom is -0.491 e. The Morgan fingerprint density at radius 1 is 1.40 bits per heavy atom. The van der Waals surface area contributed by atoms with Crippen molar-refractivity contribution in [3.63, 3.8) is 0 Å². The van der Waals surface area contributed by atoms with Crippen LogP contribution in [0.5, 0.6) is 5.75 Å². The van der Waals surface area contributed by atoms with Crippen LogP contribution in [-0.2, 0) is 14.3 Å². The summed E-state index contributed by atoms with van der Waals surface area (Å²) in [5.41, 5.74) is 5.67. The molecule has 0 saturated carbocycles. The number of methoxy groups -OCH3 is 1. The smallest absolute Gasteiger partial charge is 0.258 e. The van der Waals surface area contributed by atoms with E-state index >= 15 is 0 Å². The van der Waals surface area contributed by atoms with E-state index in [0.29, 0.717) is 18.0 Å². The predicted octanol–water partition coefficient (Wildman–Crippen LogP) is 0.332. The van der Waals surface area contributed by atoms with Crippen LogP contribution in [0.1, 0.15) is 13.3 Å². The molecular formula is C16H22N4O4S. The zero-order valence-electron chi connectivity index (χ0n) is 14.2. The Labute approximate surface area is 151 Å². The first-order valence-corrected chi connectivity index (χ1v) is 8.28. The third-order valence-corrected chi connectivity index (χ3v) is 3.66. The topological polar surface area (TPSA) is 91.9 Å². The highest BCUT2D eigenvalue weighted by atomic mass is 32.1. The number of thiocarbonyl (C=S) groups is 1. The first kappa shape index (κ1) is 18.9. The Balaban J connectivity index is 1.91. The van der Waals surface area contributed by atoms with Crippen LogP contribution < -0.4 is 25.8 Å². The molecule has 9 heteroatoms. The number of nitrogens with one attached hydrogen (secondary N) is 3. The van der Waals surface area contributed by atoms with E-state index in [0.717, 1.165) is 0 Å². The van der Waals surface area contributed by atoms with Gasteiger partial charge in [0, 0.05) is 13.2 Å². The van der Waals surface area contributed by atoms with Gasteiger partial charge in [-0.05, 0) is 31.3 Å².